The van der Waals surface area contributed by atoms with Gasteiger partial charge in [-0.3, -0.25) is 4.98 Å². The molecule has 0 radical (unpaired) electrons. The monoisotopic (exact) mass is 300 g/mol. The van der Waals surface area contributed by atoms with Crippen LogP contribution < -0.4 is 0 Å². The van der Waals surface area contributed by atoms with Crippen molar-refractivity contribution in [3.8, 4) is 11.1 Å². The highest BCUT2D eigenvalue weighted by Gasteiger charge is 2.27. The van der Waals surface area contributed by atoms with Crippen LogP contribution in [0.15, 0.2) is 29.4 Å². The summed E-state index contributed by atoms with van der Waals surface area (Å²) in [6, 6.07) is 5.99. The van der Waals surface area contributed by atoms with Gasteiger partial charge in [0.2, 0.25) is 0 Å². The summed E-state index contributed by atoms with van der Waals surface area (Å²) >= 11 is 0. The second kappa shape index (κ2) is 5.72. The van der Waals surface area contributed by atoms with E-state index in [0.29, 0.717) is 0 Å². The average Bonchev–Trinajstić information content (AvgIpc) is 2.45. The van der Waals surface area contributed by atoms with Crippen LogP contribution in [0.3, 0.4) is 0 Å². The first-order valence-corrected chi connectivity index (χ1v) is 6.29. The molecule has 7 heteroatoms. The van der Waals surface area contributed by atoms with E-state index in [0.717, 1.165) is 0 Å². The van der Waals surface area contributed by atoms with Gasteiger partial charge in [0.15, 0.2) is 0 Å². The first-order valence-electron chi connectivity index (χ1n) is 6.29. The summed E-state index contributed by atoms with van der Waals surface area (Å²) in [5.74, 6) is -2.63. The van der Waals surface area contributed by atoms with E-state index in [1.807, 2.05) is 0 Å². The third-order valence-corrected chi connectivity index (χ3v) is 3.26. The highest BCUT2D eigenvalue weighted by Crippen LogP contribution is 2.37. The Morgan fingerprint density at radius 3 is 1.95 bits per heavy atom. The van der Waals surface area contributed by atoms with Crippen molar-refractivity contribution in [2.75, 3.05) is 0 Å². The smallest absolute Gasteiger partial charge is 0.338 e. The first-order chi connectivity index (χ1) is 10.4. The molecule has 2 aromatic rings. The Labute approximate surface area is 125 Å². The maximum Gasteiger partial charge on any atom is 0.338 e. The van der Waals surface area contributed by atoms with Gasteiger partial charge in [0.05, 0.1) is 22.5 Å². The molecule has 1 aromatic carbocycles. The van der Waals surface area contributed by atoms with Crippen molar-refractivity contribution in [1.29, 1.82) is 0 Å². The number of benzene rings is 1. The summed E-state index contributed by atoms with van der Waals surface area (Å²) in [6.45, 7) is 2.95. The number of aryl methyl sites for hydroxylation is 2. The number of aromatic carboxylic acids is 2. The Balaban J connectivity index is 3.02. The molecular weight excluding hydrogens is 288 g/mol. The highest BCUT2D eigenvalue weighted by molar-refractivity contribution is 6.07. The van der Waals surface area contributed by atoms with Crippen molar-refractivity contribution >= 4 is 17.6 Å². The Kier molecular flexibility index (Phi) is 3.98. The third kappa shape index (κ3) is 2.44. The molecule has 0 unspecified atom stereocenters. The van der Waals surface area contributed by atoms with Crippen molar-refractivity contribution in [3.63, 3.8) is 0 Å². The van der Waals surface area contributed by atoms with Crippen LogP contribution in [0.4, 0.5) is 5.69 Å². The van der Waals surface area contributed by atoms with Gasteiger partial charge in [0.25, 0.3) is 0 Å². The number of hydrogen-bond acceptors (Lipinski definition) is 5. The second-order valence-corrected chi connectivity index (χ2v) is 4.63. The van der Waals surface area contributed by atoms with Crippen molar-refractivity contribution < 1.29 is 19.8 Å². The van der Waals surface area contributed by atoms with E-state index in [4.69, 9.17) is 0 Å². The number of pyridine rings is 1. The predicted molar refractivity (Wildman–Crippen MR) is 78.5 cm³/mol. The number of hydrogen-bond donors (Lipinski definition) is 2. The maximum absolute atomic E-state index is 11.6. The van der Waals surface area contributed by atoms with E-state index >= 15 is 0 Å². The summed E-state index contributed by atoms with van der Waals surface area (Å²) < 4.78 is 0. The van der Waals surface area contributed by atoms with Crippen LogP contribution in [0.2, 0.25) is 0 Å². The van der Waals surface area contributed by atoms with E-state index in [1.165, 1.54) is 26.0 Å². The lowest BCUT2D eigenvalue weighted by molar-refractivity contribution is 0.0695. The lowest BCUT2D eigenvalue weighted by Crippen LogP contribution is -2.13. The summed E-state index contributed by atoms with van der Waals surface area (Å²) in [4.78, 5) is 38.1. The van der Waals surface area contributed by atoms with E-state index in [1.54, 1.807) is 12.1 Å². The normalized spacial score (nSPS) is 10.3. The topological polar surface area (TPSA) is 117 Å². The number of nitroso groups, excluding NO2 is 1. The van der Waals surface area contributed by atoms with Gasteiger partial charge in [-0.2, -0.15) is 0 Å². The minimum absolute atomic E-state index is 0.0301. The second-order valence-electron chi connectivity index (χ2n) is 4.63. The Bertz CT molecular complexity index is 761. The molecule has 0 fully saturated rings. The van der Waals surface area contributed by atoms with Gasteiger partial charge in [-0.05, 0) is 25.1 Å². The molecule has 1 aromatic heterocycles. The lowest BCUT2D eigenvalue weighted by Gasteiger charge is -2.15. The van der Waals surface area contributed by atoms with Crippen LogP contribution in [0.25, 0.3) is 11.1 Å². The first kappa shape index (κ1) is 15.3. The maximum atomic E-state index is 11.6. The van der Waals surface area contributed by atoms with E-state index < -0.39 is 11.9 Å². The molecule has 0 spiro atoms. The minimum Gasteiger partial charge on any atom is -0.478 e. The zero-order chi connectivity index (χ0) is 16.4. The van der Waals surface area contributed by atoms with Gasteiger partial charge in [-0.1, -0.05) is 18.2 Å². The number of rotatable bonds is 4. The van der Waals surface area contributed by atoms with Crippen LogP contribution in [-0.2, 0) is 0 Å². The van der Waals surface area contributed by atoms with Gasteiger partial charge in [0.1, 0.15) is 5.69 Å². The molecule has 0 amide bonds. The molecule has 2 N–H and O–H groups in total. The molecule has 112 valence electrons. The molecule has 0 saturated heterocycles. The van der Waals surface area contributed by atoms with Crippen molar-refractivity contribution in [3.05, 3.63) is 51.7 Å². The van der Waals surface area contributed by atoms with Crippen molar-refractivity contribution in [1.82, 2.24) is 4.98 Å². The zero-order valence-electron chi connectivity index (χ0n) is 11.8. The molecular formula is C15H12N2O5. The van der Waals surface area contributed by atoms with E-state index in [2.05, 4.69) is 10.2 Å². The fourth-order valence-corrected chi connectivity index (χ4v) is 2.41. The molecule has 0 saturated carbocycles. The van der Waals surface area contributed by atoms with Gasteiger partial charge < -0.3 is 10.2 Å². The Morgan fingerprint density at radius 1 is 1.00 bits per heavy atom. The molecule has 0 aliphatic carbocycles. The zero-order valence-corrected chi connectivity index (χ0v) is 11.8. The van der Waals surface area contributed by atoms with Crippen LogP contribution >= 0.6 is 0 Å². The standard InChI is InChI=1S/C15H12N2O5/c1-7-11(14(18)19)13(12(15(20)21)8(2)16-7)9-5-3-4-6-10(9)17-22/h3-6H,1-2H3,(H,18,19)(H,20,21). The van der Waals surface area contributed by atoms with Gasteiger partial charge in [-0.25, -0.2) is 9.59 Å². The molecule has 7 nitrogen and oxygen atoms in total. The molecule has 0 bridgehead atoms. The number of aromatic nitrogens is 1. The Hall–Kier alpha value is -3.09. The predicted octanol–water partition coefficient (Wildman–Crippen LogP) is 3.16. The van der Waals surface area contributed by atoms with Gasteiger partial charge >= 0.3 is 11.9 Å². The van der Waals surface area contributed by atoms with Crippen molar-refractivity contribution in [2.45, 2.75) is 13.8 Å². The number of carboxylic acid groups (broad SMARTS) is 2. The lowest BCUT2D eigenvalue weighted by atomic mass is 9.91. The van der Waals surface area contributed by atoms with E-state index in [-0.39, 0.29) is 39.3 Å². The molecule has 0 atom stereocenters. The quantitative estimate of drug-likeness (QED) is 0.837. The summed E-state index contributed by atoms with van der Waals surface area (Å²) in [7, 11) is 0. The average molecular weight is 300 g/mol. The fourth-order valence-electron chi connectivity index (χ4n) is 2.41. The van der Waals surface area contributed by atoms with Crippen LogP contribution in [0.5, 0.6) is 0 Å². The van der Waals surface area contributed by atoms with Gasteiger partial charge in [0, 0.05) is 11.1 Å². The van der Waals surface area contributed by atoms with Crippen LogP contribution in [0, 0.1) is 18.8 Å². The SMILES string of the molecule is Cc1nc(C)c(C(=O)O)c(-c2ccccc2N=O)c1C(=O)O. The molecule has 0 aliphatic rings. The molecule has 0 aliphatic heterocycles. The third-order valence-electron chi connectivity index (χ3n) is 3.26. The summed E-state index contributed by atoms with van der Waals surface area (Å²) in [5, 5.41) is 21.7. The van der Waals surface area contributed by atoms with E-state index in [9.17, 15) is 24.7 Å². The van der Waals surface area contributed by atoms with Crippen LogP contribution in [0.1, 0.15) is 32.1 Å². The van der Waals surface area contributed by atoms with Crippen molar-refractivity contribution in [2.24, 2.45) is 5.18 Å². The van der Waals surface area contributed by atoms with Gasteiger partial charge in [-0.15, -0.1) is 4.91 Å². The fraction of sp³-hybridized carbons (Fsp3) is 0.133. The molecule has 2 rings (SSSR count). The molecule has 22 heavy (non-hydrogen) atoms. The summed E-state index contributed by atoms with van der Waals surface area (Å²) in [5.41, 5.74) is -0.0896. The highest BCUT2D eigenvalue weighted by atomic mass is 16.4. The molecule has 1 heterocycles. The summed E-state index contributed by atoms with van der Waals surface area (Å²) in [6.07, 6.45) is 0. The number of carboxylic acids is 2. The largest absolute Gasteiger partial charge is 0.478 e. The Morgan fingerprint density at radius 2 is 1.50 bits per heavy atom. The van der Waals surface area contributed by atoms with Crippen LogP contribution in [-0.4, -0.2) is 27.1 Å². The number of nitrogens with zero attached hydrogens (tertiary/aromatic N) is 2. The number of carbonyl (C=O) groups is 2. The minimum atomic E-state index is -1.32.